The van der Waals surface area contributed by atoms with Gasteiger partial charge >= 0.3 is 0 Å². The monoisotopic (exact) mass is 400 g/mol. The zero-order valence-electron chi connectivity index (χ0n) is 17.2. The summed E-state index contributed by atoms with van der Waals surface area (Å²) in [6, 6.07) is 25.5. The Morgan fingerprint density at radius 1 is 0.806 bits per heavy atom. The van der Waals surface area contributed by atoms with Crippen LogP contribution in [-0.4, -0.2) is 10.8 Å². The van der Waals surface area contributed by atoms with Crippen molar-refractivity contribution >= 4 is 66.6 Å². The number of furan rings is 1. The van der Waals surface area contributed by atoms with Gasteiger partial charge in [-0.2, -0.15) is 0 Å². The summed E-state index contributed by atoms with van der Waals surface area (Å²) >= 11 is 0. The maximum atomic E-state index is 6.63. The first-order valence-electron chi connectivity index (χ1n) is 10.4. The third kappa shape index (κ3) is 2.44. The van der Waals surface area contributed by atoms with Crippen molar-refractivity contribution in [3.05, 3.63) is 91.5 Å². The largest absolute Gasteiger partial charge is 0.453 e. The second kappa shape index (κ2) is 6.71. The van der Waals surface area contributed by atoms with E-state index in [0.29, 0.717) is 0 Å². The highest BCUT2D eigenvalue weighted by molar-refractivity contribution is 6.24. The summed E-state index contributed by atoms with van der Waals surface area (Å²) in [4.78, 5) is 4.65. The second-order valence-electron chi connectivity index (χ2n) is 7.62. The van der Waals surface area contributed by atoms with Crippen LogP contribution in [0.25, 0.3) is 60.3 Å². The fourth-order valence-corrected chi connectivity index (χ4v) is 4.64. The number of nitrogens with zero attached hydrogens (tertiary/aromatic N) is 2. The van der Waals surface area contributed by atoms with E-state index in [1.807, 2.05) is 13.0 Å². The summed E-state index contributed by atoms with van der Waals surface area (Å²) in [6.07, 6.45) is 5.44. The molecule has 6 aromatic rings. The normalized spacial score (nSPS) is 12.9. The fraction of sp³-hybridized carbons (Fsp3) is 0.0357. The first-order valence-corrected chi connectivity index (χ1v) is 10.4. The SMILES string of the molecule is C=C/C=N\C(=C/C)n1c2ccccc2c2ccc3c4ccc5ccccc5c4oc3c21. The molecule has 2 aromatic heterocycles. The molecule has 0 aliphatic carbocycles. The number of fused-ring (bicyclic) bond motifs is 9. The van der Waals surface area contributed by atoms with Gasteiger partial charge in [0.15, 0.2) is 5.58 Å². The lowest BCUT2D eigenvalue weighted by molar-refractivity contribution is 0.675. The van der Waals surface area contributed by atoms with Crippen molar-refractivity contribution in [3.8, 4) is 0 Å². The van der Waals surface area contributed by atoms with Gasteiger partial charge in [-0.15, -0.1) is 0 Å². The van der Waals surface area contributed by atoms with Crippen molar-refractivity contribution in [2.24, 2.45) is 4.99 Å². The van der Waals surface area contributed by atoms with Gasteiger partial charge in [0.25, 0.3) is 0 Å². The van der Waals surface area contributed by atoms with Crippen LogP contribution in [-0.2, 0) is 0 Å². The summed E-state index contributed by atoms with van der Waals surface area (Å²) in [6.45, 7) is 5.78. The highest BCUT2D eigenvalue weighted by Crippen LogP contribution is 2.41. The minimum atomic E-state index is 0.837. The van der Waals surface area contributed by atoms with Crippen LogP contribution in [0.2, 0.25) is 0 Å². The molecule has 2 heterocycles. The van der Waals surface area contributed by atoms with E-state index < -0.39 is 0 Å². The smallest absolute Gasteiger partial charge is 0.160 e. The molecule has 0 aliphatic rings. The maximum Gasteiger partial charge on any atom is 0.160 e. The molecule has 0 unspecified atom stereocenters. The van der Waals surface area contributed by atoms with E-state index >= 15 is 0 Å². The molecule has 31 heavy (non-hydrogen) atoms. The van der Waals surface area contributed by atoms with Crippen LogP contribution in [0.4, 0.5) is 0 Å². The van der Waals surface area contributed by atoms with Gasteiger partial charge in [0.2, 0.25) is 0 Å². The lowest BCUT2D eigenvalue weighted by Gasteiger charge is -2.07. The van der Waals surface area contributed by atoms with Crippen LogP contribution in [0.3, 0.4) is 0 Å². The minimum absolute atomic E-state index is 0.837. The summed E-state index contributed by atoms with van der Waals surface area (Å²) < 4.78 is 8.82. The van der Waals surface area contributed by atoms with E-state index in [9.17, 15) is 0 Å². The van der Waals surface area contributed by atoms with E-state index in [2.05, 4.69) is 88.9 Å². The van der Waals surface area contributed by atoms with Crippen LogP contribution in [0, 0.1) is 0 Å². The van der Waals surface area contributed by atoms with Crippen LogP contribution in [0.15, 0.2) is 101 Å². The summed E-state index contributed by atoms with van der Waals surface area (Å²) in [5, 5.41) is 6.88. The van der Waals surface area contributed by atoms with Crippen molar-refractivity contribution < 1.29 is 4.42 Å². The van der Waals surface area contributed by atoms with E-state index in [4.69, 9.17) is 4.42 Å². The predicted octanol–water partition coefficient (Wildman–Crippen LogP) is 7.92. The van der Waals surface area contributed by atoms with Crippen LogP contribution in [0.1, 0.15) is 6.92 Å². The Morgan fingerprint density at radius 3 is 2.35 bits per heavy atom. The van der Waals surface area contributed by atoms with Crippen molar-refractivity contribution in [2.75, 3.05) is 0 Å². The molecule has 0 bridgehead atoms. The van der Waals surface area contributed by atoms with Crippen molar-refractivity contribution in [3.63, 3.8) is 0 Å². The molecule has 0 amide bonds. The van der Waals surface area contributed by atoms with Gasteiger partial charge in [-0.05, 0) is 36.6 Å². The molecule has 0 saturated carbocycles. The molecule has 0 fully saturated rings. The molecule has 6 rings (SSSR count). The van der Waals surface area contributed by atoms with Gasteiger partial charge in [-0.3, -0.25) is 4.57 Å². The maximum absolute atomic E-state index is 6.63. The van der Waals surface area contributed by atoms with E-state index in [-0.39, 0.29) is 0 Å². The molecule has 3 heteroatoms. The number of benzene rings is 4. The van der Waals surface area contributed by atoms with Crippen molar-refractivity contribution in [1.82, 2.24) is 4.57 Å². The van der Waals surface area contributed by atoms with Gasteiger partial charge in [0, 0.05) is 33.1 Å². The van der Waals surface area contributed by atoms with E-state index in [1.165, 1.54) is 10.8 Å². The van der Waals surface area contributed by atoms with Gasteiger partial charge < -0.3 is 4.42 Å². The molecular formula is C28H20N2O. The lowest BCUT2D eigenvalue weighted by atomic mass is 10.0. The van der Waals surface area contributed by atoms with Gasteiger partial charge in [0.1, 0.15) is 11.4 Å². The molecule has 0 saturated heterocycles. The summed E-state index contributed by atoms with van der Waals surface area (Å²) in [5.41, 5.74) is 3.94. The number of hydrogen-bond acceptors (Lipinski definition) is 2. The molecule has 0 N–H and O–H groups in total. The molecule has 4 aromatic carbocycles. The van der Waals surface area contributed by atoms with Crippen molar-refractivity contribution in [1.29, 1.82) is 0 Å². The summed E-state index contributed by atoms with van der Waals surface area (Å²) in [5.74, 6) is 0.837. The lowest BCUT2D eigenvalue weighted by Crippen LogP contribution is -1.95. The van der Waals surface area contributed by atoms with E-state index in [1.54, 1.807) is 12.3 Å². The number of aromatic nitrogens is 1. The number of allylic oxidation sites excluding steroid dienone is 2. The molecule has 0 spiro atoms. The summed E-state index contributed by atoms with van der Waals surface area (Å²) in [7, 11) is 0. The Labute approximate surface area is 179 Å². The minimum Gasteiger partial charge on any atom is -0.453 e. The third-order valence-corrected chi connectivity index (χ3v) is 5.96. The molecule has 3 nitrogen and oxygen atoms in total. The quantitative estimate of drug-likeness (QED) is 0.277. The van der Waals surface area contributed by atoms with E-state index in [0.717, 1.165) is 49.6 Å². The molecule has 148 valence electrons. The Morgan fingerprint density at radius 2 is 1.52 bits per heavy atom. The number of rotatable bonds is 3. The van der Waals surface area contributed by atoms with Crippen LogP contribution < -0.4 is 0 Å². The Bertz CT molecular complexity index is 1710. The fourth-order valence-electron chi connectivity index (χ4n) is 4.64. The molecule has 0 aliphatic heterocycles. The molecular weight excluding hydrogens is 380 g/mol. The Balaban J connectivity index is 1.85. The zero-order chi connectivity index (χ0) is 20.9. The first-order chi connectivity index (χ1) is 15.3. The second-order valence-corrected chi connectivity index (χ2v) is 7.62. The zero-order valence-corrected chi connectivity index (χ0v) is 17.2. The standard InChI is InChI=1S/C28H20N2O/c1-3-17-29-25(4-2)30-24-12-8-7-11-20(24)21-15-16-23-22-14-13-18-9-5-6-10-19(18)27(22)31-28(23)26(21)30/h3-17H,1H2,2H3/b25-4+,29-17-. The van der Waals surface area contributed by atoms with Gasteiger partial charge in [0.05, 0.1) is 11.0 Å². The first kappa shape index (κ1) is 17.7. The average Bonchev–Trinajstić information content (AvgIpc) is 3.36. The van der Waals surface area contributed by atoms with Gasteiger partial charge in [-0.1, -0.05) is 67.3 Å². The number of para-hydroxylation sites is 1. The third-order valence-electron chi connectivity index (χ3n) is 5.96. The van der Waals surface area contributed by atoms with Crippen LogP contribution in [0.5, 0.6) is 0 Å². The molecule has 0 radical (unpaired) electrons. The number of aliphatic imine (C=N–C) groups is 1. The van der Waals surface area contributed by atoms with Crippen LogP contribution >= 0.6 is 0 Å². The Kier molecular flexibility index (Phi) is 3.84. The number of hydrogen-bond donors (Lipinski definition) is 0. The topological polar surface area (TPSA) is 30.4 Å². The van der Waals surface area contributed by atoms with Gasteiger partial charge in [-0.25, -0.2) is 4.99 Å². The average molecular weight is 400 g/mol. The Hall–Kier alpha value is -4.11. The predicted molar refractivity (Wildman–Crippen MR) is 133 cm³/mol. The van der Waals surface area contributed by atoms with Crippen molar-refractivity contribution in [2.45, 2.75) is 6.92 Å². The highest BCUT2D eigenvalue weighted by atomic mass is 16.3. The molecule has 0 atom stereocenters. The highest BCUT2D eigenvalue weighted by Gasteiger charge is 2.19.